The normalized spacial score (nSPS) is 22.0. The van der Waals surface area contributed by atoms with Gasteiger partial charge in [-0.05, 0) is 38.7 Å². The number of rotatable bonds is 1. The van der Waals surface area contributed by atoms with Crippen molar-refractivity contribution >= 4 is 0 Å². The van der Waals surface area contributed by atoms with E-state index in [1.54, 1.807) is 0 Å². The number of aromatic nitrogens is 2. The van der Waals surface area contributed by atoms with E-state index in [-0.39, 0.29) is 11.0 Å². The Balaban J connectivity index is 2.25. The highest BCUT2D eigenvalue weighted by molar-refractivity contribution is 5.40. The van der Waals surface area contributed by atoms with E-state index in [0.717, 1.165) is 30.5 Å². The molecule has 1 aliphatic rings. The first kappa shape index (κ1) is 12.2. The molecule has 3 heteroatoms. The Labute approximate surface area is 112 Å². The lowest BCUT2D eigenvalue weighted by Gasteiger charge is -2.35. The quantitative estimate of drug-likeness (QED) is 0.850. The third-order valence-corrected chi connectivity index (χ3v) is 4.17. The third-order valence-electron chi connectivity index (χ3n) is 4.17. The van der Waals surface area contributed by atoms with E-state index in [2.05, 4.69) is 41.2 Å². The summed E-state index contributed by atoms with van der Waals surface area (Å²) < 4.78 is 0. The molecule has 0 amide bonds. The van der Waals surface area contributed by atoms with Crippen molar-refractivity contribution in [3.05, 3.63) is 63.3 Å². The van der Waals surface area contributed by atoms with Crippen molar-refractivity contribution in [2.75, 3.05) is 0 Å². The first-order valence-electron chi connectivity index (χ1n) is 6.77. The minimum atomic E-state index is -0.145. The van der Waals surface area contributed by atoms with Gasteiger partial charge in [0, 0.05) is 11.0 Å². The maximum Gasteiger partial charge on any atom is 0.254 e. The van der Waals surface area contributed by atoms with Crippen LogP contribution in [0.15, 0.2) is 35.1 Å². The lowest BCUT2D eigenvalue weighted by atomic mass is 9.70. The van der Waals surface area contributed by atoms with Crippen molar-refractivity contribution in [2.45, 2.75) is 38.5 Å². The number of hydrogen-bond donors (Lipinski definition) is 1. The highest BCUT2D eigenvalue weighted by atomic mass is 16.1. The van der Waals surface area contributed by atoms with Crippen molar-refractivity contribution in [2.24, 2.45) is 0 Å². The van der Waals surface area contributed by atoms with E-state index in [1.165, 1.54) is 5.56 Å². The molecule has 0 aliphatic heterocycles. The Morgan fingerprint density at radius 1 is 1.26 bits per heavy atom. The number of H-pyrrole nitrogens is 1. The van der Waals surface area contributed by atoms with Gasteiger partial charge in [-0.2, -0.15) is 0 Å². The van der Waals surface area contributed by atoms with Gasteiger partial charge in [-0.25, -0.2) is 4.98 Å². The minimum Gasteiger partial charge on any atom is -0.311 e. The minimum absolute atomic E-state index is 0.0318. The highest BCUT2D eigenvalue weighted by Gasteiger charge is 2.36. The molecule has 19 heavy (non-hydrogen) atoms. The van der Waals surface area contributed by atoms with E-state index < -0.39 is 0 Å². The van der Waals surface area contributed by atoms with Crippen LogP contribution in [0.3, 0.4) is 0 Å². The molecule has 1 aromatic heterocycles. The molecule has 0 unspecified atom stereocenters. The van der Waals surface area contributed by atoms with Crippen LogP contribution in [0.5, 0.6) is 0 Å². The molecule has 1 aromatic carbocycles. The molecule has 0 fully saturated rings. The largest absolute Gasteiger partial charge is 0.311 e. The summed E-state index contributed by atoms with van der Waals surface area (Å²) in [5.41, 5.74) is 2.96. The zero-order chi connectivity index (χ0) is 13.5. The summed E-state index contributed by atoms with van der Waals surface area (Å²) in [5.74, 6) is 0.702. The Morgan fingerprint density at radius 3 is 2.74 bits per heavy atom. The maximum atomic E-state index is 12.1. The van der Waals surface area contributed by atoms with Crippen LogP contribution in [-0.2, 0) is 11.8 Å². The van der Waals surface area contributed by atoms with Gasteiger partial charge in [0.1, 0.15) is 5.82 Å². The average molecular weight is 254 g/mol. The van der Waals surface area contributed by atoms with Gasteiger partial charge < -0.3 is 4.98 Å². The van der Waals surface area contributed by atoms with Crippen LogP contribution in [0.1, 0.15) is 42.4 Å². The smallest absolute Gasteiger partial charge is 0.254 e. The predicted octanol–water partition coefficient (Wildman–Crippen LogP) is 2.72. The summed E-state index contributed by atoms with van der Waals surface area (Å²) in [4.78, 5) is 19.6. The standard InChI is InChI=1S/C16H18N2O/c1-11-17-14-13(15(19)18-11)9-6-10-16(14,2)12-7-4-3-5-8-12/h3-5,7-8H,6,9-10H2,1-2H3,(H,17,18,19)/t16-/m1/s1. The first-order valence-corrected chi connectivity index (χ1v) is 6.77. The van der Waals surface area contributed by atoms with Gasteiger partial charge in [0.05, 0.1) is 5.69 Å². The Morgan fingerprint density at radius 2 is 2.00 bits per heavy atom. The van der Waals surface area contributed by atoms with E-state index in [4.69, 9.17) is 0 Å². The highest BCUT2D eigenvalue weighted by Crippen LogP contribution is 2.39. The van der Waals surface area contributed by atoms with E-state index in [0.29, 0.717) is 5.82 Å². The van der Waals surface area contributed by atoms with Gasteiger partial charge in [0.25, 0.3) is 5.56 Å². The van der Waals surface area contributed by atoms with Crippen LogP contribution in [0, 0.1) is 6.92 Å². The molecule has 0 spiro atoms. The molecule has 0 saturated heterocycles. The molecule has 0 saturated carbocycles. The second kappa shape index (κ2) is 4.34. The molecule has 3 rings (SSSR count). The zero-order valence-corrected chi connectivity index (χ0v) is 11.4. The number of nitrogens with zero attached hydrogens (tertiary/aromatic N) is 1. The molecular formula is C16H18N2O. The van der Waals surface area contributed by atoms with Crippen molar-refractivity contribution < 1.29 is 0 Å². The molecule has 2 aromatic rings. The van der Waals surface area contributed by atoms with Crippen LogP contribution >= 0.6 is 0 Å². The fourth-order valence-electron chi connectivity index (χ4n) is 3.12. The van der Waals surface area contributed by atoms with Gasteiger partial charge in [-0.3, -0.25) is 4.79 Å². The topological polar surface area (TPSA) is 45.8 Å². The van der Waals surface area contributed by atoms with Crippen molar-refractivity contribution in [3.8, 4) is 0 Å². The molecule has 1 N–H and O–H groups in total. The Kier molecular flexibility index (Phi) is 2.77. The van der Waals surface area contributed by atoms with Gasteiger partial charge in [-0.1, -0.05) is 30.3 Å². The van der Waals surface area contributed by atoms with Gasteiger partial charge in [0.15, 0.2) is 0 Å². The molecule has 1 aliphatic carbocycles. The van der Waals surface area contributed by atoms with E-state index in [9.17, 15) is 4.79 Å². The van der Waals surface area contributed by atoms with E-state index >= 15 is 0 Å². The second-order valence-corrected chi connectivity index (χ2v) is 5.53. The van der Waals surface area contributed by atoms with Gasteiger partial charge >= 0.3 is 0 Å². The summed E-state index contributed by atoms with van der Waals surface area (Å²) in [6.07, 6.45) is 2.91. The molecular weight excluding hydrogens is 236 g/mol. The SMILES string of the molecule is Cc1nc2c(c(=O)[nH]1)CCC[C@]2(C)c1ccccc1. The number of nitrogens with one attached hydrogen (secondary N) is 1. The number of benzene rings is 1. The van der Waals surface area contributed by atoms with E-state index in [1.807, 2.05) is 13.0 Å². The molecule has 0 radical (unpaired) electrons. The van der Waals surface area contributed by atoms with Crippen molar-refractivity contribution in [1.82, 2.24) is 9.97 Å². The molecule has 3 nitrogen and oxygen atoms in total. The van der Waals surface area contributed by atoms with Crippen LogP contribution in [0.2, 0.25) is 0 Å². The monoisotopic (exact) mass is 254 g/mol. The van der Waals surface area contributed by atoms with Gasteiger partial charge in [-0.15, -0.1) is 0 Å². The third kappa shape index (κ3) is 1.89. The van der Waals surface area contributed by atoms with Crippen LogP contribution in [-0.4, -0.2) is 9.97 Å². The fourth-order valence-corrected chi connectivity index (χ4v) is 3.12. The summed E-state index contributed by atoms with van der Waals surface area (Å²) in [5, 5.41) is 0. The lowest BCUT2D eigenvalue weighted by molar-refractivity contribution is 0.445. The predicted molar refractivity (Wildman–Crippen MR) is 75.4 cm³/mol. The molecule has 0 bridgehead atoms. The van der Waals surface area contributed by atoms with Crippen molar-refractivity contribution in [1.29, 1.82) is 0 Å². The summed E-state index contributed by atoms with van der Waals surface area (Å²) in [6.45, 7) is 4.05. The molecule has 1 heterocycles. The van der Waals surface area contributed by atoms with Crippen LogP contribution < -0.4 is 5.56 Å². The first-order chi connectivity index (χ1) is 9.11. The summed E-state index contributed by atoms with van der Waals surface area (Å²) in [6, 6.07) is 10.4. The number of aromatic amines is 1. The molecule has 98 valence electrons. The Hall–Kier alpha value is -1.90. The average Bonchev–Trinajstić information content (AvgIpc) is 2.41. The number of fused-ring (bicyclic) bond motifs is 1. The van der Waals surface area contributed by atoms with Crippen LogP contribution in [0.4, 0.5) is 0 Å². The maximum absolute atomic E-state index is 12.1. The van der Waals surface area contributed by atoms with Crippen molar-refractivity contribution in [3.63, 3.8) is 0 Å². The lowest BCUT2D eigenvalue weighted by Crippen LogP contribution is -2.35. The fraction of sp³-hybridized carbons (Fsp3) is 0.375. The summed E-state index contributed by atoms with van der Waals surface area (Å²) >= 11 is 0. The zero-order valence-electron chi connectivity index (χ0n) is 11.4. The van der Waals surface area contributed by atoms with Gasteiger partial charge in [0.2, 0.25) is 0 Å². The van der Waals surface area contributed by atoms with Crippen LogP contribution in [0.25, 0.3) is 0 Å². The Bertz CT molecular complexity index is 660. The number of aryl methyl sites for hydroxylation is 1. The number of hydrogen-bond acceptors (Lipinski definition) is 2. The summed E-state index contributed by atoms with van der Waals surface area (Å²) in [7, 11) is 0. The molecule has 1 atom stereocenters. The second-order valence-electron chi connectivity index (χ2n) is 5.53.